The van der Waals surface area contributed by atoms with E-state index >= 15 is 0 Å². The number of rotatable bonds is 2. The van der Waals surface area contributed by atoms with E-state index in [-0.39, 0.29) is 11.5 Å². The first-order valence-corrected chi connectivity index (χ1v) is 7.09. The second kappa shape index (κ2) is 5.84. The van der Waals surface area contributed by atoms with Gasteiger partial charge in [0.1, 0.15) is 5.75 Å². The quantitative estimate of drug-likeness (QED) is 0.612. The number of nitro groups is 1. The summed E-state index contributed by atoms with van der Waals surface area (Å²) in [6, 6.07) is 9.56. The van der Waals surface area contributed by atoms with E-state index in [2.05, 4.69) is 0 Å². The van der Waals surface area contributed by atoms with E-state index in [1.165, 1.54) is 0 Å². The Morgan fingerprint density at radius 1 is 1.32 bits per heavy atom. The predicted octanol–water partition coefficient (Wildman–Crippen LogP) is 4.15. The highest BCUT2D eigenvalue weighted by atomic mass is 32.1. The number of hydrogen-bond donors (Lipinski definition) is 0. The fraction of sp³-hybridized carbons (Fsp3) is 0.286. The van der Waals surface area contributed by atoms with Crippen LogP contribution >= 0.6 is 11.3 Å². The van der Waals surface area contributed by atoms with Gasteiger partial charge in [-0.3, -0.25) is 10.1 Å². The predicted molar refractivity (Wildman–Crippen MR) is 76.3 cm³/mol. The number of benzene rings is 1. The molecule has 0 saturated carbocycles. The van der Waals surface area contributed by atoms with E-state index in [4.69, 9.17) is 4.74 Å². The number of nitrogens with zero attached hydrogens (tertiary/aromatic N) is 1. The number of hydrogen-bond acceptors (Lipinski definition) is 4. The molecule has 0 aliphatic carbocycles. The van der Waals surface area contributed by atoms with Gasteiger partial charge in [-0.2, -0.15) is 0 Å². The average Bonchev–Trinajstić information content (AvgIpc) is 2.90. The van der Waals surface area contributed by atoms with Crippen LogP contribution in [0.25, 0.3) is 10.4 Å². The lowest BCUT2D eigenvalue weighted by molar-refractivity contribution is -0.490. The summed E-state index contributed by atoms with van der Waals surface area (Å²) < 4.78 is 5.69. The molecule has 0 bridgehead atoms. The molecule has 100 valence electrons. The summed E-state index contributed by atoms with van der Waals surface area (Å²) in [5.41, 5.74) is 1.95. The van der Waals surface area contributed by atoms with Gasteiger partial charge in [0.15, 0.2) is 6.10 Å². The fourth-order valence-electron chi connectivity index (χ4n) is 2.04. The van der Waals surface area contributed by atoms with Crippen molar-refractivity contribution in [1.29, 1.82) is 0 Å². The van der Waals surface area contributed by atoms with Gasteiger partial charge in [-0.1, -0.05) is 26.0 Å². The normalized spacial score (nSPS) is 15.4. The zero-order valence-corrected chi connectivity index (χ0v) is 11.6. The zero-order valence-electron chi connectivity index (χ0n) is 10.8. The molecule has 1 aromatic carbocycles. The summed E-state index contributed by atoms with van der Waals surface area (Å²) in [6.07, 6.45) is -0.471. The first-order chi connectivity index (χ1) is 9.25. The Labute approximate surface area is 115 Å². The van der Waals surface area contributed by atoms with Crippen LogP contribution < -0.4 is 4.74 Å². The van der Waals surface area contributed by atoms with Gasteiger partial charge in [-0.15, -0.1) is 11.3 Å². The van der Waals surface area contributed by atoms with Gasteiger partial charge in [0.25, 0.3) is 0 Å². The molecule has 1 atom stereocenters. The Hall–Kier alpha value is -1.88. The molecule has 0 amide bonds. The van der Waals surface area contributed by atoms with Crippen molar-refractivity contribution in [3.8, 4) is 16.2 Å². The minimum absolute atomic E-state index is 0.196. The molecule has 3 rings (SSSR count). The molecule has 5 heteroatoms. The molecule has 1 unspecified atom stereocenters. The van der Waals surface area contributed by atoms with Crippen LogP contribution in [0, 0.1) is 10.1 Å². The van der Waals surface area contributed by atoms with Crippen LogP contribution in [-0.2, 0) is 0 Å². The second-order valence-corrected chi connectivity index (χ2v) is 4.74. The van der Waals surface area contributed by atoms with Crippen molar-refractivity contribution in [2.45, 2.75) is 20.0 Å². The van der Waals surface area contributed by atoms with E-state index in [9.17, 15) is 10.1 Å². The third kappa shape index (κ3) is 2.61. The van der Waals surface area contributed by atoms with Crippen LogP contribution in [0.5, 0.6) is 5.75 Å². The molecule has 0 fully saturated rings. The van der Waals surface area contributed by atoms with E-state index < -0.39 is 6.10 Å². The molecule has 0 saturated heterocycles. The molecule has 0 N–H and O–H groups in total. The lowest BCUT2D eigenvalue weighted by atomic mass is 10.0. The van der Waals surface area contributed by atoms with Gasteiger partial charge < -0.3 is 4.74 Å². The Balaban J connectivity index is 0.000000637. The molecule has 19 heavy (non-hydrogen) atoms. The van der Waals surface area contributed by atoms with Gasteiger partial charge in [0.05, 0.1) is 0 Å². The van der Waals surface area contributed by atoms with Gasteiger partial charge in [0.2, 0.25) is 6.54 Å². The summed E-state index contributed by atoms with van der Waals surface area (Å²) >= 11 is 1.60. The first-order valence-electron chi connectivity index (χ1n) is 6.21. The number of ether oxygens (including phenoxy) is 1. The largest absolute Gasteiger partial charge is 0.478 e. The highest BCUT2D eigenvalue weighted by Crippen LogP contribution is 2.44. The molecule has 0 radical (unpaired) electrons. The molecular formula is C14H15NO3S. The minimum atomic E-state index is -0.471. The van der Waals surface area contributed by atoms with Crippen molar-refractivity contribution < 1.29 is 9.66 Å². The van der Waals surface area contributed by atoms with Gasteiger partial charge in [0, 0.05) is 20.9 Å². The van der Waals surface area contributed by atoms with Crippen molar-refractivity contribution >= 4 is 11.3 Å². The maximum atomic E-state index is 10.6. The van der Waals surface area contributed by atoms with E-state index in [1.807, 2.05) is 49.6 Å². The van der Waals surface area contributed by atoms with Crippen molar-refractivity contribution in [3.05, 3.63) is 51.4 Å². The number of thiophene rings is 1. The van der Waals surface area contributed by atoms with E-state index in [0.717, 1.165) is 21.8 Å². The van der Waals surface area contributed by atoms with Crippen LogP contribution in [-0.4, -0.2) is 11.5 Å². The monoisotopic (exact) mass is 277 g/mol. The molecule has 1 aliphatic heterocycles. The Morgan fingerprint density at radius 3 is 2.79 bits per heavy atom. The standard InChI is InChI=1S/C12H9NO3S.C2H6/c14-13(15)7-11-9-5-6-17-12(9)8-3-1-2-4-10(8)16-11;1-2/h1-6,11H,7H2;1-2H3. The van der Waals surface area contributed by atoms with Crippen molar-refractivity contribution in [2.75, 3.05) is 6.54 Å². The number of para-hydroxylation sites is 1. The highest BCUT2D eigenvalue weighted by Gasteiger charge is 2.30. The molecule has 4 nitrogen and oxygen atoms in total. The third-order valence-corrected chi connectivity index (χ3v) is 3.72. The summed E-state index contributed by atoms with van der Waals surface area (Å²) in [5.74, 6) is 0.731. The SMILES string of the molecule is CC.O=[N+]([O-])CC1Oc2ccccc2-c2sccc21. The van der Waals surface area contributed by atoms with Crippen LogP contribution in [0.1, 0.15) is 25.5 Å². The van der Waals surface area contributed by atoms with Gasteiger partial charge in [-0.05, 0) is 23.6 Å². The first kappa shape index (κ1) is 13.5. The van der Waals surface area contributed by atoms with Crippen molar-refractivity contribution in [1.82, 2.24) is 0 Å². The molecule has 2 aromatic rings. The van der Waals surface area contributed by atoms with Crippen LogP contribution in [0.15, 0.2) is 35.7 Å². The van der Waals surface area contributed by atoms with Crippen LogP contribution in [0.4, 0.5) is 0 Å². The topological polar surface area (TPSA) is 52.4 Å². The van der Waals surface area contributed by atoms with Crippen molar-refractivity contribution in [2.24, 2.45) is 0 Å². The van der Waals surface area contributed by atoms with Gasteiger partial charge in [-0.25, -0.2) is 0 Å². The summed E-state index contributed by atoms with van der Waals surface area (Å²) in [6.45, 7) is 3.80. The molecule has 2 heterocycles. The molecular weight excluding hydrogens is 262 g/mol. The molecule has 1 aliphatic rings. The minimum Gasteiger partial charge on any atom is -0.478 e. The maximum absolute atomic E-state index is 10.6. The summed E-state index contributed by atoms with van der Waals surface area (Å²) in [4.78, 5) is 11.4. The summed E-state index contributed by atoms with van der Waals surface area (Å²) in [5, 5.41) is 12.6. The Morgan fingerprint density at radius 2 is 2.05 bits per heavy atom. The Kier molecular flexibility index (Phi) is 4.16. The van der Waals surface area contributed by atoms with Crippen LogP contribution in [0.2, 0.25) is 0 Å². The maximum Gasteiger partial charge on any atom is 0.244 e. The second-order valence-electron chi connectivity index (χ2n) is 3.82. The average molecular weight is 277 g/mol. The van der Waals surface area contributed by atoms with E-state index in [1.54, 1.807) is 11.3 Å². The molecule has 1 aromatic heterocycles. The Bertz CT molecular complexity index is 580. The highest BCUT2D eigenvalue weighted by molar-refractivity contribution is 7.13. The summed E-state index contributed by atoms with van der Waals surface area (Å²) in [7, 11) is 0. The third-order valence-electron chi connectivity index (χ3n) is 2.76. The van der Waals surface area contributed by atoms with E-state index in [0.29, 0.717) is 0 Å². The van der Waals surface area contributed by atoms with Crippen molar-refractivity contribution in [3.63, 3.8) is 0 Å². The molecule has 0 spiro atoms. The lowest BCUT2D eigenvalue weighted by Crippen LogP contribution is -2.20. The fourth-order valence-corrected chi connectivity index (χ4v) is 3.02. The zero-order chi connectivity index (χ0) is 13.8. The smallest absolute Gasteiger partial charge is 0.244 e. The number of fused-ring (bicyclic) bond motifs is 3. The van der Waals surface area contributed by atoms with Crippen LogP contribution in [0.3, 0.4) is 0 Å². The lowest BCUT2D eigenvalue weighted by Gasteiger charge is -2.23. The van der Waals surface area contributed by atoms with Gasteiger partial charge >= 0.3 is 0 Å².